The standard InChI is InChI=1S/C11H16BNO4S2/c1-16-17-18-8-7-13(9-12)10-3-5-11(6-4-10)19(2,14)15/h3-6H,7-9H2,1-2H3. The minimum Gasteiger partial charge on any atom is -0.380 e. The Morgan fingerprint density at radius 3 is 2.42 bits per heavy atom. The van der Waals surface area contributed by atoms with Gasteiger partial charge in [-0.15, -0.1) is 0 Å². The van der Waals surface area contributed by atoms with Crippen molar-refractivity contribution in [1.29, 1.82) is 0 Å². The van der Waals surface area contributed by atoms with Crippen molar-refractivity contribution in [3.63, 3.8) is 0 Å². The van der Waals surface area contributed by atoms with E-state index in [4.69, 9.17) is 12.2 Å². The van der Waals surface area contributed by atoms with Crippen LogP contribution in [0.3, 0.4) is 0 Å². The van der Waals surface area contributed by atoms with Crippen LogP contribution in [0, 0.1) is 0 Å². The molecule has 1 aromatic rings. The predicted octanol–water partition coefficient (Wildman–Crippen LogP) is 1.25. The number of benzene rings is 1. The molecule has 0 aliphatic carbocycles. The van der Waals surface area contributed by atoms with E-state index in [1.54, 1.807) is 24.3 Å². The van der Waals surface area contributed by atoms with Crippen molar-refractivity contribution in [2.24, 2.45) is 0 Å². The zero-order valence-corrected chi connectivity index (χ0v) is 12.5. The molecule has 0 aromatic heterocycles. The third kappa shape index (κ3) is 5.44. The second kappa shape index (κ2) is 7.79. The van der Waals surface area contributed by atoms with E-state index >= 15 is 0 Å². The van der Waals surface area contributed by atoms with Gasteiger partial charge in [-0.3, -0.25) is 0 Å². The van der Waals surface area contributed by atoms with E-state index in [1.165, 1.54) is 25.4 Å². The molecule has 8 heteroatoms. The Kier molecular flexibility index (Phi) is 6.71. The van der Waals surface area contributed by atoms with Gasteiger partial charge in [0.1, 0.15) is 0 Å². The highest BCUT2D eigenvalue weighted by molar-refractivity contribution is 7.94. The van der Waals surface area contributed by atoms with Crippen LogP contribution in [0.2, 0.25) is 0 Å². The first-order chi connectivity index (χ1) is 8.99. The lowest BCUT2D eigenvalue weighted by molar-refractivity contribution is -0.160. The molecule has 1 aromatic carbocycles. The fourth-order valence-corrected chi connectivity index (χ4v) is 2.55. The van der Waals surface area contributed by atoms with Gasteiger partial charge in [-0.2, -0.15) is 4.33 Å². The number of hydrogen-bond acceptors (Lipinski definition) is 6. The summed E-state index contributed by atoms with van der Waals surface area (Å²) in [7, 11) is 3.95. The lowest BCUT2D eigenvalue weighted by Crippen LogP contribution is -2.27. The van der Waals surface area contributed by atoms with Crippen LogP contribution in [0.15, 0.2) is 29.2 Å². The first kappa shape index (κ1) is 16.4. The largest absolute Gasteiger partial charge is 0.380 e. The van der Waals surface area contributed by atoms with Gasteiger partial charge in [-0.1, -0.05) is 0 Å². The zero-order valence-electron chi connectivity index (χ0n) is 10.9. The molecule has 0 saturated heterocycles. The Labute approximate surface area is 119 Å². The Bertz CT molecular complexity index is 478. The summed E-state index contributed by atoms with van der Waals surface area (Å²) in [5.41, 5.74) is 0.868. The second-order valence-corrected chi connectivity index (χ2v) is 6.56. The van der Waals surface area contributed by atoms with Crippen LogP contribution in [0.4, 0.5) is 5.69 Å². The van der Waals surface area contributed by atoms with Crippen LogP contribution in [-0.2, 0) is 19.1 Å². The summed E-state index contributed by atoms with van der Waals surface area (Å²) in [6.07, 6.45) is 1.52. The van der Waals surface area contributed by atoms with Crippen LogP contribution in [0.25, 0.3) is 0 Å². The van der Waals surface area contributed by atoms with Gasteiger partial charge in [0.25, 0.3) is 0 Å². The van der Waals surface area contributed by atoms with Crippen LogP contribution < -0.4 is 4.90 Å². The fraction of sp³-hybridized carbons (Fsp3) is 0.455. The molecule has 0 heterocycles. The average Bonchev–Trinajstić information content (AvgIpc) is 2.38. The normalized spacial score (nSPS) is 11.5. The van der Waals surface area contributed by atoms with Gasteiger partial charge >= 0.3 is 0 Å². The molecule has 104 valence electrons. The van der Waals surface area contributed by atoms with E-state index in [0.717, 1.165) is 5.69 Å². The Balaban J connectivity index is 2.66. The minimum absolute atomic E-state index is 0.297. The minimum atomic E-state index is -3.17. The Morgan fingerprint density at radius 1 is 1.32 bits per heavy atom. The van der Waals surface area contributed by atoms with Gasteiger partial charge < -0.3 is 4.90 Å². The maximum absolute atomic E-state index is 11.4. The number of anilines is 1. The molecule has 0 aliphatic heterocycles. The summed E-state index contributed by atoms with van der Waals surface area (Å²) >= 11 is 1.18. The van der Waals surface area contributed by atoms with Crippen molar-refractivity contribution in [2.45, 2.75) is 4.90 Å². The number of rotatable bonds is 8. The van der Waals surface area contributed by atoms with Gasteiger partial charge in [0.15, 0.2) is 9.84 Å². The second-order valence-electron chi connectivity index (χ2n) is 3.77. The summed E-state index contributed by atoms with van der Waals surface area (Å²) in [5, 5.41) is 0. The monoisotopic (exact) mass is 301 g/mol. The van der Waals surface area contributed by atoms with Crippen molar-refractivity contribution in [3.8, 4) is 0 Å². The highest BCUT2D eigenvalue weighted by Crippen LogP contribution is 2.18. The molecule has 0 bridgehead atoms. The van der Waals surface area contributed by atoms with Crippen LogP contribution >= 0.6 is 12.0 Å². The number of nitrogens with zero attached hydrogens (tertiary/aromatic N) is 1. The SMILES string of the molecule is [B]CN(CCSOOC)c1ccc(S(C)(=O)=O)cc1. The highest BCUT2D eigenvalue weighted by atomic mass is 32.2. The fourth-order valence-electron chi connectivity index (χ4n) is 1.46. The molecule has 0 fully saturated rings. The first-order valence-electron chi connectivity index (χ1n) is 5.56. The summed E-state index contributed by atoms with van der Waals surface area (Å²) in [4.78, 5) is 6.67. The third-order valence-corrected chi connectivity index (χ3v) is 4.12. The molecule has 2 radical (unpaired) electrons. The quantitative estimate of drug-likeness (QED) is 0.237. The summed E-state index contributed by atoms with van der Waals surface area (Å²) in [6.45, 7) is 0.669. The molecule has 0 amide bonds. The van der Waals surface area contributed by atoms with Crippen LogP contribution in [0.5, 0.6) is 0 Å². The van der Waals surface area contributed by atoms with E-state index in [0.29, 0.717) is 23.6 Å². The van der Waals surface area contributed by atoms with Crippen molar-refractivity contribution < 1.29 is 17.6 Å². The molecule has 0 spiro atoms. The molecule has 0 unspecified atom stereocenters. The number of sulfone groups is 1. The van der Waals surface area contributed by atoms with Crippen molar-refractivity contribution in [3.05, 3.63) is 24.3 Å². The summed E-state index contributed by atoms with van der Waals surface area (Å²) in [5.74, 6) is 0.679. The topological polar surface area (TPSA) is 55.8 Å². The smallest absolute Gasteiger partial charge is 0.175 e. The molecular formula is C11H16BNO4S2. The summed E-state index contributed by atoms with van der Waals surface area (Å²) < 4.78 is 27.4. The van der Waals surface area contributed by atoms with Gasteiger partial charge in [0.05, 0.1) is 19.9 Å². The lowest BCUT2D eigenvalue weighted by Gasteiger charge is -2.23. The van der Waals surface area contributed by atoms with Gasteiger partial charge in [0.2, 0.25) is 0 Å². The van der Waals surface area contributed by atoms with Crippen molar-refractivity contribution in [1.82, 2.24) is 0 Å². The Morgan fingerprint density at radius 2 is 1.95 bits per heavy atom. The van der Waals surface area contributed by atoms with Crippen molar-refractivity contribution >= 4 is 35.4 Å². The van der Waals surface area contributed by atoms with Gasteiger partial charge in [-0.05, 0) is 30.7 Å². The van der Waals surface area contributed by atoms with Crippen LogP contribution in [-0.4, -0.2) is 48.4 Å². The first-order valence-corrected chi connectivity index (χ1v) is 8.36. The maximum atomic E-state index is 11.4. The van der Waals surface area contributed by atoms with E-state index in [1.807, 2.05) is 4.90 Å². The predicted molar refractivity (Wildman–Crippen MR) is 78.1 cm³/mol. The number of hydrogen-bond donors (Lipinski definition) is 0. The molecular weight excluding hydrogens is 285 g/mol. The van der Waals surface area contributed by atoms with E-state index in [2.05, 4.69) is 4.89 Å². The molecule has 1 rings (SSSR count). The molecule has 0 N–H and O–H groups in total. The molecule has 5 nitrogen and oxygen atoms in total. The van der Waals surface area contributed by atoms with Gasteiger partial charge in [0, 0.05) is 36.3 Å². The van der Waals surface area contributed by atoms with E-state index < -0.39 is 9.84 Å². The zero-order chi connectivity index (χ0) is 14.3. The van der Waals surface area contributed by atoms with Crippen molar-refractivity contribution in [2.75, 3.05) is 37.0 Å². The highest BCUT2D eigenvalue weighted by Gasteiger charge is 2.09. The van der Waals surface area contributed by atoms with Gasteiger partial charge in [-0.25, -0.2) is 13.3 Å². The van der Waals surface area contributed by atoms with Crippen LogP contribution in [0.1, 0.15) is 0 Å². The molecule has 0 saturated carbocycles. The Hall–Kier alpha value is -0.695. The third-order valence-electron chi connectivity index (χ3n) is 2.41. The van der Waals surface area contributed by atoms with E-state index in [-0.39, 0.29) is 0 Å². The summed E-state index contributed by atoms with van der Waals surface area (Å²) in [6, 6.07) is 6.63. The molecule has 19 heavy (non-hydrogen) atoms. The lowest BCUT2D eigenvalue weighted by atomic mass is 10.1. The average molecular weight is 301 g/mol. The molecule has 0 aliphatic rings. The molecule has 0 atom stereocenters. The van der Waals surface area contributed by atoms with E-state index in [9.17, 15) is 8.42 Å². The maximum Gasteiger partial charge on any atom is 0.175 e.